The minimum Gasteiger partial charge on any atom is -0.389 e. The molecular formula is C14H21NO. The molecule has 1 atom stereocenters. The molecule has 0 bridgehead atoms. The second-order valence-corrected chi connectivity index (χ2v) is 4.95. The van der Waals surface area contributed by atoms with Gasteiger partial charge in [0.1, 0.15) is 0 Å². The maximum absolute atomic E-state index is 9.59. The monoisotopic (exact) mass is 219 g/mol. The number of aryl methyl sites for hydroxylation is 1. The van der Waals surface area contributed by atoms with Crippen LogP contribution in [0.2, 0.25) is 0 Å². The van der Waals surface area contributed by atoms with Crippen molar-refractivity contribution in [3.05, 3.63) is 29.3 Å². The van der Waals surface area contributed by atoms with E-state index in [1.807, 2.05) is 13.0 Å². The van der Waals surface area contributed by atoms with Crippen molar-refractivity contribution in [2.24, 2.45) is 0 Å². The van der Waals surface area contributed by atoms with Gasteiger partial charge in [0.25, 0.3) is 0 Å². The summed E-state index contributed by atoms with van der Waals surface area (Å²) in [6.07, 6.45) is 1.99. The van der Waals surface area contributed by atoms with Gasteiger partial charge in [0, 0.05) is 18.3 Å². The molecule has 0 saturated heterocycles. The Labute approximate surface area is 97.9 Å². The summed E-state index contributed by atoms with van der Waals surface area (Å²) in [5.74, 6) is 0. The van der Waals surface area contributed by atoms with Crippen LogP contribution in [0.25, 0.3) is 0 Å². The Kier molecular flexibility index (Phi) is 3.20. The number of hydrogen-bond donors (Lipinski definition) is 1. The normalized spacial score (nSPS) is 17.4. The van der Waals surface area contributed by atoms with E-state index in [0.717, 1.165) is 18.5 Å². The van der Waals surface area contributed by atoms with Gasteiger partial charge in [-0.3, -0.25) is 0 Å². The van der Waals surface area contributed by atoms with Crippen molar-refractivity contribution in [2.75, 3.05) is 11.4 Å². The van der Waals surface area contributed by atoms with Crippen LogP contribution in [0.5, 0.6) is 0 Å². The number of hydrogen-bond acceptors (Lipinski definition) is 2. The maximum atomic E-state index is 9.59. The van der Waals surface area contributed by atoms with Crippen molar-refractivity contribution in [3.8, 4) is 0 Å². The standard InChI is InChI=1S/C14H21NO/c1-10(2)15-8-4-5-13-9-12(11(3)16)6-7-14(13)15/h6-7,9-11,16H,4-5,8H2,1-3H3/t11-/m1/s1. The van der Waals surface area contributed by atoms with Crippen molar-refractivity contribution in [1.29, 1.82) is 0 Å². The number of benzene rings is 1. The molecule has 1 heterocycles. The van der Waals surface area contributed by atoms with E-state index in [9.17, 15) is 5.11 Å². The van der Waals surface area contributed by atoms with Gasteiger partial charge in [0.2, 0.25) is 0 Å². The second-order valence-electron chi connectivity index (χ2n) is 4.95. The van der Waals surface area contributed by atoms with E-state index in [-0.39, 0.29) is 6.10 Å². The summed E-state index contributed by atoms with van der Waals surface area (Å²) in [4.78, 5) is 2.45. The van der Waals surface area contributed by atoms with E-state index in [1.165, 1.54) is 17.7 Å². The molecule has 0 aromatic heterocycles. The van der Waals surface area contributed by atoms with Crippen molar-refractivity contribution < 1.29 is 5.11 Å². The van der Waals surface area contributed by atoms with Crippen molar-refractivity contribution in [3.63, 3.8) is 0 Å². The Morgan fingerprint density at radius 3 is 2.62 bits per heavy atom. The summed E-state index contributed by atoms with van der Waals surface area (Å²) in [6, 6.07) is 6.92. The molecule has 1 aliphatic rings. The molecule has 1 aliphatic heterocycles. The molecular weight excluding hydrogens is 198 g/mol. The highest BCUT2D eigenvalue weighted by Gasteiger charge is 2.19. The molecule has 0 fully saturated rings. The zero-order chi connectivity index (χ0) is 11.7. The number of aliphatic hydroxyl groups is 1. The van der Waals surface area contributed by atoms with Crippen LogP contribution in [-0.2, 0) is 6.42 Å². The Morgan fingerprint density at radius 2 is 2.00 bits per heavy atom. The summed E-state index contributed by atoms with van der Waals surface area (Å²) >= 11 is 0. The Morgan fingerprint density at radius 1 is 1.25 bits per heavy atom. The third kappa shape index (κ3) is 2.07. The molecule has 2 heteroatoms. The SMILES string of the molecule is CC(C)N1CCCc2cc([C@@H](C)O)ccc21. The first-order valence-corrected chi connectivity index (χ1v) is 6.17. The van der Waals surface area contributed by atoms with Crippen molar-refractivity contribution >= 4 is 5.69 Å². The number of aliphatic hydroxyl groups excluding tert-OH is 1. The molecule has 0 aliphatic carbocycles. The Bertz CT molecular complexity index is 371. The summed E-state index contributed by atoms with van der Waals surface area (Å²) in [7, 11) is 0. The molecule has 1 aromatic carbocycles. The predicted molar refractivity (Wildman–Crippen MR) is 67.9 cm³/mol. The van der Waals surface area contributed by atoms with Gasteiger partial charge in [-0.2, -0.15) is 0 Å². The molecule has 0 amide bonds. The first kappa shape index (κ1) is 11.5. The predicted octanol–water partition coefficient (Wildman–Crippen LogP) is 2.90. The third-order valence-electron chi connectivity index (χ3n) is 3.36. The summed E-state index contributed by atoms with van der Waals surface area (Å²) in [6.45, 7) is 7.44. The van der Waals surface area contributed by atoms with Gasteiger partial charge in [0.15, 0.2) is 0 Å². The van der Waals surface area contributed by atoms with Gasteiger partial charge in [-0.15, -0.1) is 0 Å². The van der Waals surface area contributed by atoms with Crippen LogP contribution in [0.3, 0.4) is 0 Å². The van der Waals surface area contributed by atoms with Gasteiger partial charge in [0.05, 0.1) is 6.10 Å². The highest BCUT2D eigenvalue weighted by molar-refractivity contribution is 5.57. The second kappa shape index (κ2) is 4.46. The first-order valence-electron chi connectivity index (χ1n) is 6.17. The maximum Gasteiger partial charge on any atom is 0.0762 e. The third-order valence-corrected chi connectivity index (χ3v) is 3.36. The largest absolute Gasteiger partial charge is 0.389 e. The summed E-state index contributed by atoms with van der Waals surface area (Å²) < 4.78 is 0. The van der Waals surface area contributed by atoms with Crippen LogP contribution in [0, 0.1) is 0 Å². The molecule has 0 radical (unpaired) electrons. The van der Waals surface area contributed by atoms with Gasteiger partial charge < -0.3 is 10.0 Å². The lowest BCUT2D eigenvalue weighted by atomic mass is 9.97. The fourth-order valence-electron chi connectivity index (χ4n) is 2.44. The van der Waals surface area contributed by atoms with Crippen LogP contribution < -0.4 is 4.90 Å². The van der Waals surface area contributed by atoms with E-state index in [2.05, 4.69) is 30.9 Å². The Hall–Kier alpha value is -1.02. The minimum absolute atomic E-state index is 0.361. The van der Waals surface area contributed by atoms with E-state index in [0.29, 0.717) is 6.04 Å². The lowest BCUT2D eigenvalue weighted by molar-refractivity contribution is 0.199. The zero-order valence-corrected chi connectivity index (χ0v) is 10.4. The molecule has 16 heavy (non-hydrogen) atoms. The number of anilines is 1. The molecule has 1 N–H and O–H groups in total. The molecule has 0 saturated carbocycles. The smallest absolute Gasteiger partial charge is 0.0762 e. The average Bonchev–Trinajstić information content (AvgIpc) is 2.27. The van der Waals surface area contributed by atoms with Gasteiger partial charge in [-0.25, -0.2) is 0 Å². The van der Waals surface area contributed by atoms with Crippen LogP contribution in [0.15, 0.2) is 18.2 Å². The summed E-state index contributed by atoms with van der Waals surface area (Å²) in [5.41, 5.74) is 3.77. The van der Waals surface area contributed by atoms with E-state index in [1.54, 1.807) is 0 Å². The van der Waals surface area contributed by atoms with Crippen molar-refractivity contribution in [1.82, 2.24) is 0 Å². The van der Waals surface area contributed by atoms with Crippen LogP contribution in [0.4, 0.5) is 5.69 Å². The highest BCUT2D eigenvalue weighted by Crippen LogP contribution is 2.30. The van der Waals surface area contributed by atoms with Crippen LogP contribution in [0.1, 0.15) is 44.4 Å². The van der Waals surface area contributed by atoms with Crippen molar-refractivity contribution in [2.45, 2.75) is 45.8 Å². The minimum atomic E-state index is -0.361. The quantitative estimate of drug-likeness (QED) is 0.826. The molecule has 2 nitrogen and oxygen atoms in total. The summed E-state index contributed by atoms with van der Waals surface area (Å²) in [5, 5.41) is 9.59. The lowest BCUT2D eigenvalue weighted by Crippen LogP contribution is -2.35. The topological polar surface area (TPSA) is 23.5 Å². The van der Waals surface area contributed by atoms with Crippen LogP contribution >= 0.6 is 0 Å². The number of fused-ring (bicyclic) bond motifs is 1. The van der Waals surface area contributed by atoms with Gasteiger partial charge in [-0.1, -0.05) is 12.1 Å². The highest BCUT2D eigenvalue weighted by atomic mass is 16.3. The molecule has 88 valence electrons. The zero-order valence-electron chi connectivity index (χ0n) is 10.4. The number of nitrogens with zero attached hydrogens (tertiary/aromatic N) is 1. The molecule has 0 spiro atoms. The van der Waals surface area contributed by atoms with E-state index >= 15 is 0 Å². The fraction of sp³-hybridized carbons (Fsp3) is 0.571. The average molecular weight is 219 g/mol. The lowest BCUT2D eigenvalue weighted by Gasteiger charge is -2.35. The van der Waals surface area contributed by atoms with E-state index < -0.39 is 0 Å². The van der Waals surface area contributed by atoms with Gasteiger partial charge in [-0.05, 0) is 50.8 Å². The first-order chi connectivity index (χ1) is 7.59. The van der Waals surface area contributed by atoms with Gasteiger partial charge >= 0.3 is 0 Å². The fourth-order valence-corrected chi connectivity index (χ4v) is 2.44. The van der Waals surface area contributed by atoms with Crippen LogP contribution in [-0.4, -0.2) is 17.7 Å². The molecule has 0 unspecified atom stereocenters. The Balaban J connectivity index is 2.37. The molecule has 2 rings (SSSR count). The van der Waals surface area contributed by atoms with E-state index in [4.69, 9.17) is 0 Å². The molecule has 1 aromatic rings. The number of rotatable bonds is 2.